The van der Waals surface area contributed by atoms with E-state index >= 15 is 0 Å². The van der Waals surface area contributed by atoms with E-state index in [9.17, 15) is 9.18 Å². The first kappa shape index (κ1) is 8.65. The fourth-order valence-electron chi connectivity index (χ4n) is 0.916. The van der Waals surface area contributed by atoms with Crippen molar-refractivity contribution in [3.8, 4) is 0 Å². The molecule has 0 saturated heterocycles. The molecule has 0 radical (unpaired) electrons. The molecule has 0 heterocycles. The number of halogens is 1. The summed E-state index contributed by atoms with van der Waals surface area (Å²) in [6.07, 6.45) is 1.21. The van der Waals surface area contributed by atoms with E-state index < -0.39 is 0 Å². The van der Waals surface area contributed by atoms with Gasteiger partial charge in [0.1, 0.15) is 5.82 Å². The molecule has 0 N–H and O–H groups in total. The van der Waals surface area contributed by atoms with Gasteiger partial charge in [-0.2, -0.15) is 0 Å². The van der Waals surface area contributed by atoms with Crippen LogP contribution in [-0.4, -0.2) is 5.78 Å². The molecule has 62 valence electrons. The molecule has 0 spiro atoms. The van der Waals surface area contributed by atoms with Crippen LogP contribution >= 0.6 is 0 Å². The van der Waals surface area contributed by atoms with Gasteiger partial charge in [-0.1, -0.05) is 6.58 Å². The van der Waals surface area contributed by atoms with Crippen LogP contribution in [0, 0.1) is 12.7 Å². The Hall–Kier alpha value is -1.44. The van der Waals surface area contributed by atoms with E-state index in [1.807, 2.05) is 0 Å². The minimum Gasteiger partial charge on any atom is -0.289 e. The Labute approximate surface area is 70.5 Å². The highest BCUT2D eigenvalue weighted by Gasteiger charge is 2.03. The number of ketones is 1. The summed E-state index contributed by atoms with van der Waals surface area (Å²) in [5, 5.41) is 0. The maximum Gasteiger partial charge on any atom is 0.185 e. The maximum atomic E-state index is 12.7. The Bertz CT molecular complexity index is 329. The maximum absolute atomic E-state index is 12.7. The van der Waals surface area contributed by atoms with E-state index in [4.69, 9.17) is 0 Å². The van der Waals surface area contributed by atoms with Gasteiger partial charge >= 0.3 is 0 Å². The summed E-state index contributed by atoms with van der Waals surface area (Å²) >= 11 is 0. The zero-order valence-corrected chi connectivity index (χ0v) is 6.80. The lowest BCUT2D eigenvalue weighted by Gasteiger charge is -1.98. The standard InChI is InChI=1S/C10H9FO/c1-3-10(12)8-4-5-9(11)7(2)6-8/h3-6H,1H2,2H3. The second-order valence-corrected chi connectivity index (χ2v) is 2.53. The summed E-state index contributed by atoms with van der Waals surface area (Å²) in [6, 6.07) is 4.25. The molecule has 1 nitrogen and oxygen atoms in total. The molecule has 12 heavy (non-hydrogen) atoms. The predicted octanol–water partition coefficient (Wildman–Crippen LogP) is 2.50. The van der Waals surface area contributed by atoms with Crippen LogP contribution in [0.15, 0.2) is 30.9 Å². The molecule has 2 heteroatoms. The number of aryl methyl sites for hydroxylation is 1. The smallest absolute Gasteiger partial charge is 0.185 e. The third-order valence-corrected chi connectivity index (χ3v) is 1.63. The van der Waals surface area contributed by atoms with Crippen molar-refractivity contribution < 1.29 is 9.18 Å². The molecule has 1 aromatic rings. The van der Waals surface area contributed by atoms with Gasteiger partial charge in [0, 0.05) is 5.56 Å². The summed E-state index contributed by atoms with van der Waals surface area (Å²) in [4.78, 5) is 11.0. The van der Waals surface area contributed by atoms with E-state index in [1.54, 1.807) is 6.92 Å². The molecule has 0 aliphatic rings. The van der Waals surface area contributed by atoms with Crippen molar-refractivity contribution in [3.05, 3.63) is 47.8 Å². The first-order valence-corrected chi connectivity index (χ1v) is 3.58. The molecule has 0 saturated carbocycles. The van der Waals surface area contributed by atoms with Crippen LogP contribution in [0.25, 0.3) is 0 Å². The van der Waals surface area contributed by atoms with Gasteiger partial charge in [0.15, 0.2) is 5.78 Å². The van der Waals surface area contributed by atoms with Crippen LogP contribution in [0.3, 0.4) is 0 Å². The zero-order valence-electron chi connectivity index (χ0n) is 6.80. The highest BCUT2D eigenvalue weighted by molar-refractivity contribution is 6.04. The lowest BCUT2D eigenvalue weighted by Crippen LogP contribution is -1.95. The molecular weight excluding hydrogens is 155 g/mol. The van der Waals surface area contributed by atoms with E-state index in [-0.39, 0.29) is 11.6 Å². The van der Waals surface area contributed by atoms with Crippen molar-refractivity contribution in [2.75, 3.05) is 0 Å². The quantitative estimate of drug-likeness (QED) is 0.484. The third-order valence-electron chi connectivity index (χ3n) is 1.63. The fourth-order valence-corrected chi connectivity index (χ4v) is 0.916. The van der Waals surface area contributed by atoms with Crippen molar-refractivity contribution in [2.24, 2.45) is 0 Å². The van der Waals surface area contributed by atoms with E-state index in [2.05, 4.69) is 6.58 Å². The molecule has 0 aromatic heterocycles. The Morgan fingerprint density at radius 3 is 2.75 bits per heavy atom. The van der Waals surface area contributed by atoms with Gasteiger partial charge in [0.2, 0.25) is 0 Å². The number of carbonyl (C=O) groups excluding carboxylic acids is 1. The van der Waals surface area contributed by atoms with Gasteiger partial charge in [-0.05, 0) is 36.8 Å². The summed E-state index contributed by atoms with van der Waals surface area (Å²) in [7, 11) is 0. The Kier molecular flexibility index (Phi) is 2.38. The first-order chi connectivity index (χ1) is 5.65. The van der Waals surface area contributed by atoms with Gasteiger partial charge in [-0.15, -0.1) is 0 Å². The molecular formula is C10H9FO. The second-order valence-electron chi connectivity index (χ2n) is 2.53. The first-order valence-electron chi connectivity index (χ1n) is 3.58. The Balaban J connectivity index is 3.13. The molecule has 0 amide bonds. The Morgan fingerprint density at radius 1 is 1.58 bits per heavy atom. The molecule has 0 unspecified atom stereocenters. The largest absolute Gasteiger partial charge is 0.289 e. The average molecular weight is 164 g/mol. The lowest BCUT2D eigenvalue weighted by atomic mass is 10.1. The van der Waals surface area contributed by atoms with Crippen LogP contribution in [0.4, 0.5) is 4.39 Å². The predicted molar refractivity (Wildman–Crippen MR) is 45.7 cm³/mol. The molecule has 0 atom stereocenters. The molecule has 1 rings (SSSR count). The van der Waals surface area contributed by atoms with Gasteiger partial charge in [0.05, 0.1) is 0 Å². The number of benzene rings is 1. The molecule has 1 aromatic carbocycles. The van der Waals surface area contributed by atoms with Crippen LogP contribution < -0.4 is 0 Å². The van der Waals surface area contributed by atoms with Gasteiger partial charge < -0.3 is 0 Å². The van der Waals surface area contributed by atoms with Crippen molar-refractivity contribution in [1.29, 1.82) is 0 Å². The van der Waals surface area contributed by atoms with E-state index in [1.165, 1.54) is 24.3 Å². The summed E-state index contributed by atoms with van der Waals surface area (Å²) in [6.45, 7) is 4.97. The zero-order chi connectivity index (χ0) is 9.14. The number of rotatable bonds is 2. The monoisotopic (exact) mass is 164 g/mol. The minimum atomic E-state index is -0.296. The van der Waals surface area contributed by atoms with Crippen molar-refractivity contribution in [1.82, 2.24) is 0 Å². The normalized spacial score (nSPS) is 9.50. The summed E-state index contributed by atoms with van der Waals surface area (Å²) in [5.41, 5.74) is 0.951. The number of hydrogen-bond acceptors (Lipinski definition) is 1. The fraction of sp³-hybridized carbons (Fsp3) is 0.100. The summed E-state index contributed by atoms with van der Waals surface area (Å²) in [5.74, 6) is -0.478. The lowest BCUT2D eigenvalue weighted by molar-refractivity contribution is 0.104. The second kappa shape index (κ2) is 3.30. The van der Waals surface area contributed by atoms with Gasteiger partial charge in [0.25, 0.3) is 0 Å². The molecule has 0 aliphatic heterocycles. The van der Waals surface area contributed by atoms with Crippen LogP contribution in [0.5, 0.6) is 0 Å². The van der Waals surface area contributed by atoms with Crippen LogP contribution in [0.2, 0.25) is 0 Å². The summed E-state index contributed by atoms with van der Waals surface area (Å²) < 4.78 is 12.7. The number of carbonyl (C=O) groups is 1. The Morgan fingerprint density at radius 2 is 2.25 bits per heavy atom. The highest BCUT2D eigenvalue weighted by Crippen LogP contribution is 2.09. The topological polar surface area (TPSA) is 17.1 Å². The van der Waals surface area contributed by atoms with Crippen molar-refractivity contribution >= 4 is 5.78 Å². The van der Waals surface area contributed by atoms with Crippen LogP contribution in [-0.2, 0) is 0 Å². The van der Waals surface area contributed by atoms with Crippen molar-refractivity contribution in [3.63, 3.8) is 0 Å². The molecule has 0 fully saturated rings. The minimum absolute atomic E-state index is 0.182. The third kappa shape index (κ3) is 1.59. The van der Waals surface area contributed by atoms with Gasteiger partial charge in [-0.3, -0.25) is 4.79 Å². The highest BCUT2D eigenvalue weighted by atomic mass is 19.1. The van der Waals surface area contributed by atoms with E-state index in [0.29, 0.717) is 11.1 Å². The van der Waals surface area contributed by atoms with Crippen LogP contribution in [0.1, 0.15) is 15.9 Å². The number of allylic oxidation sites excluding steroid dienone is 1. The van der Waals surface area contributed by atoms with Gasteiger partial charge in [-0.25, -0.2) is 4.39 Å². The molecule has 0 bridgehead atoms. The number of hydrogen-bond donors (Lipinski definition) is 0. The van der Waals surface area contributed by atoms with Crippen molar-refractivity contribution in [2.45, 2.75) is 6.92 Å². The average Bonchev–Trinajstić information content (AvgIpc) is 2.08. The van der Waals surface area contributed by atoms with E-state index in [0.717, 1.165) is 0 Å². The SMILES string of the molecule is C=CC(=O)c1ccc(F)c(C)c1. The molecule has 0 aliphatic carbocycles.